The molecule has 1 aliphatic rings. The van der Waals surface area contributed by atoms with Crippen LogP contribution in [0.4, 0.5) is 0 Å². The van der Waals surface area contributed by atoms with Gasteiger partial charge in [-0.15, -0.1) is 28.4 Å². The van der Waals surface area contributed by atoms with Crippen molar-refractivity contribution in [3.63, 3.8) is 0 Å². The fraction of sp³-hybridized carbons (Fsp3) is 0.0824. The van der Waals surface area contributed by atoms with E-state index in [0.717, 1.165) is 124 Å². The molecular weight excluding hydrogens is 2510 g/mol. The van der Waals surface area contributed by atoms with Crippen molar-refractivity contribution in [3.05, 3.63) is 322 Å². The average Bonchev–Trinajstić information content (AvgIpc) is 1.51. The van der Waals surface area contributed by atoms with Gasteiger partial charge in [0.1, 0.15) is 12.4 Å². The second kappa shape index (κ2) is 46.7. The van der Waals surface area contributed by atoms with Crippen LogP contribution < -0.4 is 30.0 Å². The number of nitrogens with zero attached hydrogens (tertiary/aromatic N) is 18. The third-order valence-corrected chi connectivity index (χ3v) is 16.6. The number of aliphatic hydroxyl groups is 1. The molecule has 21 nitrogen and oxygen atoms in total. The smallest absolute Gasteiger partial charge is 0.180 e. The normalized spacial score (nSPS) is 11.3. The van der Waals surface area contributed by atoms with Gasteiger partial charge in [-0.2, -0.15) is 29.9 Å². The van der Waals surface area contributed by atoms with E-state index in [2.05, 4.69) is 124 Å². The fourth-order valence-electron chi connectivity index (χ4n) is 11.2. The van der Waals surface area contributed by atoms with Crippen LogP contribution in [0.1, 0.15) is 26.5 Å². The second-order valence-corrected chi connectivity index (χ2v) is 24.7. The topological polar surface area (TPSA) is 265 Å². The average molecular weight is 2580 g/mol. The number of thiazole rings is 1. The van der Waals surface area contributed by atoms with Crippen LogP contribution in [-0.4, -0.2) is 77.9 Å². The van der Waals surface area contributed by atoms with Gasteiger partial charge in [-0.05, 0) is 99.4 Å². The predicted octanol–water partition coefficient (Wildman–Crippen LogP) is 16.9. The number of ketones is 1. The molecule has 17 aromatic rings. The molecule has 6 aromatic carbocycles. The van der Waals surface area contributed by atoms with E-state index in [0.29, 0.717) is 0 Å². The molecule has 113 heavy (non-hydrogen) atoms. The molecule has 0 saturated heterocycles. The van der Waals surface area contributed by atoms with E-state index in [9.17, 15) is 4.79 Å². The van der Waals surface area contributed by atoms with Crippen molar-refractivity contribution in [2.75, 3.05) is 0 Å². The number of oxazole rings is 1. The van der Waals surface area contributed by atoms with Crippen molar-refractivity contribution < 1.29 is 135 Å². The van der Waals surface area contributed by atoms with Crippen LogP contribution >= 0.6 is 11.3 Å². The number of carbonyl (C=O) groups excluding carboxylic acids is 1. The third-order valence-electron chi connectivity index (χ3n) is 16.1. The Bertz CT molecular complexity index is 5230. The van der Waals surface area contributed by atoms with Crippen molar-refractivity contribution in [2.24, 2.45) is 31.1 Å². The number of allylic oxidation sites excluding steroid dienone is 2. The molecule has 0 amide bonds. The molecule has 1 N–H and O–H groups in total. The number of benzene rings is 6. The van der Waals surface area contributed by atoms with Gasteiger partial charge in [-0.25, -0.2) is 19.9 Å². The monoisotopic (exact) mass is 2580 g/mol. The van der Waals surface area contributed by atoms with E-state index < -0.39 is 0 Å². The summed E-state index contributed by atoms with van der Waals surface area (Å²) >= 11 is 1.59. The van der Waals surface area contributed by atoms with Gasteiger partial charge in [0.25, 0.3) is 0 Å². The number of rotatable bonds is 13. The van der Waals surface area contributed by atoms with E-state index in [1.54, 1.807) is 59.9 Å². The zero-order valence-electron chi connectivity index (χ0n) is 61.3. The summed E-state index contributed by atoms with van der Waals surface area (Å²) < 4.78 is 10.6. The molecule has 6 radical (unpaired) electrons. The largest absolute Gasteiger partial charge is 0.662 e. The number of aryl methyl sites for hydroxylation is 3. The molecule has 1 aliphatic heterocycles. The number of hydrogen-bond acceptors (Lipinski definition) is 13. The molecule has 0 fully saturated rings. The Kier molecular flexibility index (Phi) is 37.9. The van der Waals surface area contributed by atoms with E-state index in [1.807, 2.05) is 249 Å². The maximum absolute atomic E-state index is 10.0. The number of aliphatic imine (C=N–C) groups is 2. The Morgan fingerprint density at radius 2 is 0.903 bits per heavy atom. The van der Waals surface area contributed by atoms with Crippen molar-refractivity contribution in [1.29, 1.82) is 0 Å². The van der Waals surface area contributed by atoms with Crippen LogP contribution in [0.3, 0.4) is 0 Å². The minimum absolute atomic E-state index is 0. The van der Waals surface area contributed by atoms with Crippen molar-refractivity contribution in [1.82, 2.24) is 79.0 Å². The molecule has 1 unspecified atom stereocenters. The molecule has 0 saturated carbocycles. The van der Waals surface area contributed by atoms with E-state index in [4.69, 9.17) is 9.52 Å². The summed E-state index contributed by atoms with van der Waals surface area (Å²) in [6.45, 7) is 4.82. The molecule has 0 aliphatic carbocycles. The molecule has 586 valence electrons. The molecule has 18 rings (SSSR count). The number of carbonyl (C=O) groups is 1. The number of imidazole rings is 3. The number of aromatic nitrogens is 16. The van der Waals surface area contributed by atoms with Crippen LogP contribution in [0.25, 0.3) is 124 Å². The van der Waals surface area contributed by atoms with Gasteiger partial charge in [0.2, 0.25) is 0 Å². The first kappa shape index (κ1) is 91.7. The van der Waals surface area contributed by atoms with Crippen molar-refractivity contribution in [2.45, 2.75) is 26.9 Å². The Morgan fingerprint density at radius 1 is 0.469 bits per heavy atom. The first-order valence-corrected chi connectivity index (χ1v) is 34.8. The quantitative estimate of drug-likeness (QED) is 0.0830. The Balaban J connectivity index is 0.000000206. The zero-order valence-corrected chi connectivity index (χ0v) is 76.5. The molecule has 11 aromatic heterocycles. The van der Waals surface area contributed by atoms with E-state index in [-0.39, 0.29) is 138 Å². The summed E-state index contributed by atoms with van der Waals surface area (Å²) in [7, 11) is 5.79. The van der Waals surface area contributed by atoms with Gasteiger partial charge in [0, 0.05) is 184 Å². The standard InChI is InChI=1S/2C14H12N3.2C13H11N4.C13H9N2O.C13H9N2S.C5H8O2.6Ir/c1-17-9-13(16-10-17)14-12(7-8-15-14)11-5-3-2-4-6-11;1-10-16-9-13(17-10)14-12(7-8-15-14)11-5-3-2-4-6-11;1-17-8-12(14-9-17)13-11(7-15-16-13)10-5-3-2-4-6-10;1-17-8-7-11(16-17)13-12(14-9-15-13)10-5-3-2-4-6-10;2*1-2-4-10(5-3-1)11-6-7-14-13(11)12-8-16-9-15-12;1-4(6)3-5(2)7;;;;;;/h2*2-10H,1H3;2*2-9H,1H3;2*1-9H;3,6H,1-2H3;;;;;;/q6*-1;;;;;;;. The van der Waals surface area contributed by atoms with Gasteiger partial charge < -0.3 is 58.8 Å². The molecule has 1 atom stereocenters. The minimum Gasteiger partial charge on any atom is -0.662 e. The van der Waals surface area contributed by atoms with Gasteiger partial charge in [-0.1, -0.05) is 224 Å². The first-order chi connectivity index (χ1) is 52.4. The SMILES string of the molecule is CC(=O)C=C(C)O.CC1N=CC(c2[n-]ccc2-c2ccccc2)=N1.Cn1ccc(-c2[n-]cnc2-c2ccccc2)n1.Cn1cnc(-c2[n-]ccc2-c2ccccc2)c1.Cn1cnc(-c2[n-]ncc2-c2ccccc2)c1.[Ir].[Ir].[Ir].[Ir].[Ir].[Ir].c1ccc(-c2cc[n-]c2-c2cocn2)cc1.c1ccc(-c2cc[n-]c2-c2cscn2)cc1. The third kappa shape index (κ3) is 25.4. The number of hydrogen-bond donors (Lipinski definition) is 1. The van der Waals surface area contributed by atoms with Crippen molar-refractivity contribution in [3.8, 4) is 124 Å². The molecule has 28 heteroatoms. The minimum atomic E-state index is -0.125. The molecule has 0 bridgehead atoms. The summed E-state index contributed by atoms with van der Waals surface area (Å²) in [5.74, 6) is -0.0625. The van der Waals surface area contributed by atoms with Gasteiger partial charge >= 0.3 is 0 Å². The molecule has 12 heterocycles. The Hall–Kier alpha value is -10.2. The summed E-state index contributed by atoms with van der Waals surface area (Å²) in [6, 6.07) is 71.0. The first-order valence-electron chi connectivity index (χ1n) is 33.9. The summed E-state index contributed by atoms with van der Waals surface area (Å²) in [6.07, 6.45) is 26.0. The summed E-state index contributed by atoms with van der Waals surface area (Å²) in [5, 5.41) is 22.9. The van der Waals surface area contributed by atoms with Crippen LogP contribution in [0.2, 0.25) is 0 Å². The summed E-state index contributed by atoms with van der Waals surface area (Å²) in [4.78, 5) is 61.9. The Morgan fingerprint density at radius 3 is 1.28 bits per heavy atom. The van der Waals surface area contributed by atoms with Crippen LogP contribution in [-0.2, 0) is 147 Å². The fourth-order valence-corrected chi connectivity index (χ4v) is 11.8. The second-order valence-electron chi connectivity index (χ2n) is 24.0. The number of aliphatic hydroxyl groups excluding tert-OH is 1. The van der Waals surface area contributed by atoms with E-state index in [1.165, 1.54) is 37.4 Å². The van der Waals surface area contributed by atoms with Crippen LogP contribution in [0.15, 0.2) is 331 Å². The molecular formula is C85H72Ir6N18O3S-6. The Labute approximate surface area is 739 Å². The van der Waals surface area contributed by atoms with Gasteiger partial charge in [-0.3, -0.25) is 19.5 Å². The maximum atomic E-state index is 10.0. The van der Waals surface area contributed by atoms with E-state index >= 15 is 0 Å². The van der Waals surface area contributed by atoms with Crippen LogP contribution in [0, 0.1) is 0 Å². The maximum Gasteiger partial charge on any atom is 0.180 e. The predicted molar refractivity (Wildman–Crippen MR) is 422 cm³/mol. The van der Waals surface area contributed by atoms with Crippen molar-refractivity contribution >= 4 is 29.0 Å². The van der Waals surface area contributed by atoms with Gasteiger partial charge in [0.15, 0.2) is 12.2 Å². The summed E-state index contributed by atoms with van der Waals surface area (Å²) in [5.41, 5.74) is 25.6. The zero-order chi connectivity index (χ0) is 74.1. The molecule has 0 spiro atoms. The van der Waals surface area contributed by atoms with Crippen LogP contribution in [0.5, 0.6) is 0 Å². The van der Waals surface area contributed by atoms with Gasteiger partial charge in [0.05, 0.1) is 58.1 Å².